The summed E-state index contributed by atoms with van der Waals surface area (Å²) < 4.78 is 7.01. The zero-order chi connectivity index (χ0) is 22.8. The lowest BCUT2D eigenvalue weighted by atomic mass is 9.43. The topological polar surface area (TPSA) is 51.2 Å². The van der Waals surface area contributed by atoms with Gasteiger partial charge >= 0.3 is 0 Å². The molecule has 0 aromatic carbocycles. The quantitative estimate of drug-likeness (QED) is 0.342. The number of epoxide rings is 1. The monoisotopic (exact) mass is 442 g/mol. The van der Waals surface area contributed by atoms with Crippen molar-refractivity contribution in [1.82, 2.24) is 0 Å². The highest BCUT2D eigenvalue weighted by atomic mass is 17.2. The molecule has 4 nitrogen and oxygen atoms in total. The maximum absolute atomic E-state index is 10.4. The van der Waals surface area contributed by atoms with Gasteiger partial charge in [0.05, 0.1) is 6.10 Å². The molecule has 2 bridgehead atoms. The van der Waals surface area contributed by atoms with Crippen LogP contribution < -0.4 is 0 Å². The molecule has 10 atom stereocenters. The Labute approximate surface area is 193 Å². The van der Waals surface area contributed by atoms with Crippen molar-refractivity contribution in [2.75, 3.05) is 0 Å². The second-order valence-electron chi connectivity index (χ2n) is 13.0. The fraction of sp³-hybridized carbons (Fsp3) is 0.857. The molecule has 0 aromatic rings. The van der Waals surface area contributed by atoms with Crippen molar-refractivity contribution in [3.05, 3.63) is 24.3 Å². The molecular weight excluding hydrogens is 400 g/mol. The van der Waals surface area contributed by atoms with Crippen LogP contribution in [0.15, 0.2) is 24.3 Å². The van der Waals surface area contributed by atoms with E-state index in [2.05, 4.69) is 65.8 Å². The average Bonchev–Trinajstić information content (AvgIpc) is 3.29. The summed E-state index contributed by atoms with van der Waals surface area (Å²) >= 11 is 0. The van der Waals surface area contributed by atoms with Crippen molar-refractivity contribution in [3.8, 4) is 0 Å². The molecule has 4 heteroatoms. The summed E-state index contributed by atoms with van der Waals surface area (Å²) in [7, 11) is 0. The van der Waals surface area contributed by atoms with Crippen molar-refractivity contribution >= 4 is 0 Å². The van der Waals surface area contributed by atoms with Gasteiger partial charge in [-0.3, -0.25) is 0 Å². The van der Waals surface area contributed by atoms with Gasteiger partial charge in [-0.25, -0.2) is 9.78 Å². The van der Waals surface area contributed by atoms with E-state index in [9.17, 15) is 5.11 Å². The second-order valence-corrected chi connectivity index (χ2v) is 13.0. The molecular formula is C28H42O4. The van der Waals surface area contributed by atoms with Gasteiger partial charge < -0.3 is 9.84 Å². The minimum Gasteiger partial charge on any atom is -0.393 e. The van der Waals surface area contributed by atoms with Gasteiger partial charge in [-0.2, -0.15) is 0 Å². The fourth-order valence-corrected chi connectivity index (χ4v) is 9.13. The van der Waals surface area contributed by atoms with Gasteiger partial charge in [-0.15, -0.1) is 0 Å². The molecule has 0 unspecified atom stereocenters. The van der Waals surface area contributed by atoms with E-state index < -0.39 is 11.2 Å². The fourth-order valence-electron chi connectivity index (χ4n) is 9.13. The van der Waals surface area contributed by atoms with Crippen LogP contribution >= 0.6 is 0 Å². The van der Waals surface area contributed by atoms with Crippen molar-refractivity contribution in [3.63, 3.8) is 0 Å². The van der Waals surface area contributed by atoms with E-state index in [4.69, 9.17) is 14.5 Å². The van der Waals surface area contributed by atoms with E-state index in [-0.39, 0.29) is 28.1 Å². The molecule has 4 aliphatic carbocycles. The van der Waals surface area contributed by atoms with E-state index in [1.54, 1.807) is 0 Å². The van der Waals surface area contributed by atoms with Crippen LogP contribution in [-0.2, 0) is 14.5 Å². The predicted molar refractivity (Wildman–Crippen MR) is 124 cm³/mol. The Bertz CT molecular complexity index is 881. The number of hydrogen-bond acceptors (Lipinski definition) is 4. The number of rotatable bonds is 4. The van der Waals surface area contributed by atoms with Crippen molar-refractivity contribution in [2.45, 2.75) is 115 Å². The van der Waals surface area contributed by atoms with E-state index in [1.807, 2.05) is 0 Å². The van der Waals surface area contributed by atoms with E-state index in [1.165, 1.54) is 6.42 Å². The highest BCUT2D eigenvalue weighted by Crippen LogP contribution is 2.84. The molecule has 1 N–H and O–H groups in total. The van der Waals surface area contributed by atoms with Crippen molar-refractivity contribution in [1.29, 1.82) is 0 Å². The molecule has 0 aromatic heterocycles. The van der Waals surface area contributed by atoms with Crippen molar-refractivity contribution in [2.24, 2.45) is 34.5 Å². The summed E-state index contributed by atoms with van der Waals surface area (Å²) in [5.41, 5.74) is -1.50. The number of allylic oxidation sites excluding steroid dienone is 2. The Kier molecular flexibility index (Phi) is 4.30. The van der Waals surface area contributed by atoms with Gasteiger partial charge in [0.1, 0.15) is 22.4 Å². The average molecular weight is 443 g/mol. The summed E-state index contributed by atoms with van der Waals surface area (Å²) in [6.45, 7) is 14.2. The molecule has 2 aliphatic heterocycles. The predicted octanol–water partition coefficient (Wildman–Crippen LogP) is 5.75. The Morgan fingerprint density at radius 3 is 2.44 bits per heavy atom. The van der Waals surface area contributed by atoms with E-state index >= 15 is 0 Å². The Morgan fingerprint density at radius 1 is 0.906 bits per heavy atom. The molecule has 0 amide bonds. The molecule has 178 valence electrons. The second kappa shape index (κ2) is 6.30. The van der Waals surface area contributed by atoms with E-state index in [0.717, 1.165) is 32.1 Å². The normalized spacial score (nSPS) is 57.1. The van der Waals surface area contributed by atoms with Gasteiger partial charge in [0.25, 0.3) is 0 Å². The first-order chi connectivity index (χ1) is 15.0. The summed E-state index contributed by atoms with van der Waals surface area (Å²) in [6.07, 6.45) is 15.9. The number of ether oxygens (including phenoxy) is 1. The van der Waals surface area contributed by atoms with Gasteiger partial charge in [0.2, 0.25) is 0 Å². The number of aliphatic hydroxyl groups is 1. The minimum atomic E-state index is -0.516. The van der Waals surface area contributed by atoms with Crippen LogP contribution in [0.4, 0.5) is 0 Å². The molecule has 6 rings (SSSR count). The standard InChI is InChI=1S/C28H42O4/c1-18(2)19(3)7-8-20(4)22-10-12-26-23(22,5)13-15-27-24(6)11-9-21(29)17-25(24,31-32-27)14-16-28(26,27)30-26/h7-8,14,16,18-22,29H,9-13,15,17H2,1-6H3/t19-,20+,21-,22+,23+,24-,25+,26-,27-,28-/m0/s1. The number of hydrogen-bond donors (Lipinski definition) is 1. The molecule has 2 heterocycles. The highest BCUT2D eigenvalue weighted by Gasteiger charge is 2.94. The SMILES string of the molecule is CC(C)[C@@H](C)C=C[C@@H](C)[C@H]1CC[C@@]23O[C@@]24C=C[C@@]25C[C@@H](O)CC[C@]2(C)[C@]4(CC[C@]13C)OO5. The summed E-state index contributed by atoms with van der Waals surface area (Å²) in [5, 5.41) is 10.4. The Hall–Kier alpha value is -0.680. The lowest BCUT2D eigenvalue weighted by Gasteiger charge is -2.58. The van der Waals surface area contributed by atoms with Crippen LogP contribution in [0.1, 0.15) is 86.5 Å². The third-order valence-corrected chi connectivity index (χ3v) is 11.7. The van der Waals surface area contributed by atoms with Crippen molar-refractivity contribution < 1.29 is 19.6 Å². The molecule has 3 saturated carbocycles. The third kappa shape index (κ3) is 2.12. The van der Waals surface area contributed by atoms with Crippen LogP contribution in [0.5, 0.6) is 0 Å². The summed E-state index contributed by atoms with van der Waals surface area (Å²) in [4.78, 5) is 12.6. The van der Waals surface area contributed by atoms with Gasteiger partial charge in [0, 0.05) is 17.3 Å². The van der Waals surface area contributed by atoms with Gasteiger partial charge in [-0.1, -0.05) is 53.7 Å². The summed E-state index contributed by atoms with van der Waals surface area (Å²) in [6, 6.07) is 0. The zero-order valence-corrected chi connectivity index (χ0v) is 20.8. The van der Waals surface area contributed by atoms with Crippen LogP contribution in [0.2, 0.25) is 0 Å². The Balaban J connectivity index is 1.36. The molecule has 32 heavy (non-hydrogen) atoms. The largest absolute Gasteiger partial charge is 0.393 e. The highest BCUT2D eigenvalue weighted by molar-refractivity contribution is 5.49. The van der Waals surface area contributed by atoms with Crippen LogP contribution in [0.3, 0.4) is 0 Å². The first-order valence-corrected chi connectivity index (χ1v) is 13.2. The minimum absolute atomic E-state index is 0.143. The lowest BCUT2D eigenvalue weighted by Crippen LogP contribution is -2.69. The number of aliphatic hydroxyl groups excluding tert-OH is 1. The Morgan fingerprint density at radius 2 is 1.69 bits per heavy atom. The smallest absolute Gasteiger partial charge is 0.149 e. The van der Waals surface area contributed by atoms with Gasteiger partial charge in [-0.05, 0) is 74.3 Å². The molecule has 3 spiro atoms. The zero-order valence-electron chi connectivity index (χ0n) is 20.8. The third-order valence-electron chi connectivity index (χ3n) is 11.7. The lowest BCUT2D eigenvalue weighted by molar-refractivity contribution is -0.352. The van der Waals surface area contributed by atoms with Crippen LogP contribution in [0.25, 0.3) is 0 Å². The molecule has 0 radical (unpaired) electrons. The first kappa shape index (κ1) is 21.8. The maximum atomic E-state index is 10.4. The summed E-state index contributed by atoms with van der Waals surface area (Å²) in [5.74, 6) is 2.45. The van der Waals surface area contributed by atoms with Crippen LogP contribution in [-0.4, -0.2) is 33.6 Å². The molecule has 2 saturated heterocycles. The molecule has 6 aliphatic rings. The van der Waals surface area contributed by atoms with Crippen LogP contribution in [0, 0.1) is 34.5 Å². The molecule has 5 fully saturated rings. The van der Waals surface area contributed by atoms with Gasteiger partial charge in [0.15, 0.2) is 0 Å². The maximum Gasteiger partial charge on any atom is 0.149 e. The first-order valence-electron chi connectivity index (χ1n) is 13.2. The van der Waals surface area contributed by atoms with E-state index in [0.29, 0.717) is 30.1 Å².